The van der Waals surface area contributed by atoms with Gasteiger partial charge in [0.1, 0.15) is 6.10 Å². The molecule has 86 valence electrons. The summed E-state index contributed by atoms with van der Waals surface area (Å²) >= 11 is 0. The zero-order valence-electron chi connectivity index (χ0n) is 8.29. The summed E-state index contributed by atoms with van der Waals surface area (Å²) in [6.07, 6.45) is -1.53. The molecule has 0 heterocycles. The summed E-state index contributed by atoms with van der Waals surface area (Å²) in [6.45, 7) is 2.65. The van der Waals surface area contributed by atoms with E-state index in [1.165, 1.54) is 0 Å². The Labute approximate surface area is 83.0 Å². The fourth-order valence-electron chi connectivity index (χ4n) is 0.855. The van der Waals surface area contributed by atoms with Gasteiger partial charge in [-0.2, -0.15) is 0 Å². The summed E-state index contributed by atoms with van der Waals surface area (Å²) in [6, 6.07) is 0. The second-order valence-electron chi connectivity index (χ2n) is 2.54. The van der Waals surface area contributed by atoms with E-state index in [0.29, 0.717) is 0 Å². The van der Waals surface area contributed by atoms with Crippen molar-refractivity contribution in [2.24, 2.45) is 0 Å². The van der Waals surface area contributed by atoms with Crippen LogP contribution in [-0.2, 0) is 13.6 Å². The zero-order valence-corrected chi connectivity index (χ0v) is 9.18. The van der Waals surface area contributed by atoms with Gasteiger partial charge >= 0.3 is 7.60 Å². The van der Waals surface area contributed by atoms with Crippen molar-refractivity contribution in [1.82, 2.24) is 0 Å². The summed E-state index contributed by atoms with van der Waals surface area (Å²) in [5.74, 6) is -1.72. The summed E-state index contributed by atoms with van der Waals surface area (Å²) in [7, 11) is -3.74. The van der Waals surface area contributed by atoms with E-state index < -0.39 is 26.2 Å². The first-order valence-corrected chi connectivity index (χ1v) is 5.98. The van der Waals surface area contributed by atoms with E-state index >= 15 is 0 Å². The van der Waals surface area contributed by atoms with Gasteiger partial charge in [-0.25, -0.2) is 0 Å². The second-order valence-corrected chi connectivity index (χ2v) is 4.66. The maximum absolute atomic E-state index is 11.7. The van der Waals surface area contributed by atoms with Crippen LogP contribution in [-0.4, -0.2) is 47.1 Å². The summed E-state index contributed by atoms with van der Waals surface area (Å²) in [5, 5.41) is 27.0. The van der Waals surface area contributed by atoms with Gasteiger partial charge < -0.3 is 24.4 Å². The Balaban J connectivity index is 4.54. The maximum atomic E-state index is 11.7. The van der Waals surface area contributed by atoms with Crippen molar-refractivity contribution in [1.29, 1.82) is 0 Å². The molecule has 0 aliphatic carbocycles. The number of hydrogen-bond acceptors (Lipinski definition) is 6. The highest BCUT2D eigenvalue weighted by Gasteiger charge is 2.38. The lowest BCUT2D eigenvalue weighted by molar-refractivity contribution is 0.00660. The SMILES string of the molecule is CCOP(=O)(OCC)C(O)C(O)CO. The average molecular weight is 228 g/mol. The number of aliphatic hydroxyl groups is 3. The van der Waals surface area contributed by atoms with Gasteiger partial charge in [-0.05, 0) is 13.8 Å². The van der Waals surface area contributed by atoms with Gasteiger partial charge in [0.25, 0.3) is 0 Å². The lowest BCUT2D eigenvalue weighted by Crippen LogP contribution is -2.30. The molecular weight excluding hydrogens is 211 g/mol. The molecule has 3 N–H and O–H groups in total. The molecule has 14 heavy (non-hydrogen) atoms. The largest absolute Gasteiger partial charge is 0.394 e. The molecule has 0 amide bonds. The molecule has 0 aromatic heterocycles. The molecule has 0 saturated heterocycles. The van der Waals surface area contributed by atoms with Gasteiger partial charge in [0, 0.05) is 0 Å². The first-order valence-electron chi connectivity index (χ1n) is 4.37. The molecule has 0 rings (SSSR count). The van der Waals surface area contributed by atoms with E-state index in [9.17, 15) is 9.67 Å². The van der Waals surface area contributed by atoms with E-state index in [-0.39, 0.29) is 13.2 Å². The van der Waals surface area contributed by atoms with Gasteiger partial charge in [0.15, 0.2) is 5.85 Å². The Kier molecular flexibility index (Phi) is 6.52. The van der Waals surface area contributed by atoms with Crippen molar-refractivity contribution in [3.8, 4) is 0 Å². The van der Waals surface area contributed by atoms with Crippen LogP contribution in [0, 0.1) is 0 Å². The number of aliphatic hydroxyl groups excluding tert-OH is 3. The smallest absolute Gasteiger partial charge is 0.361 e. The Bertz CT molecular complexity index is 187. The van der Waals surface area contributed by atoms with Crippen LogP contribution in [0.2, 0.25) is 0 Å². The fourth-order valence-corrected chi connectivity index (χ4v) is 2.47. The van der Waals surface area contributed by atoms with E-state index in [0.717, 1.165) is 0 Å². The third-order valence-corrected chi connectivity index (χ3v) is 3.70. The Morgan fingerprint density at radius 3 is 1.93 bits per heavy atom. The van der Waals surface area contributed by atoms with Gasteiger partial charge in [-0.3, -0.25) is 4.57 Å². The molecule has 0 aromatic rings. The summed E-state index contributed by atoms with van der Waals surface area (Å²) in [5.41, 5.74) is 0. The van der Waals surface area contributed by atoms with Crippen molar-refractivity contribution in [2.45, 2.75) is 25.8 Å². The van der Waals surface area contributed by atoms with Crippen molar-refractivity contribution >= 4 is 7.60 Å². The topological polar surface area (TPSA) is 96.2 Å². The predicted octanol–water partition coefficient (Wildman–Crippen LogP) is -0.0759. The molecule has 0 aromatic carbocycles. The van der Waals surface area contributed by atoms with Crippen molar-refractivity contribution < 1.29 is 28.9 Å². The molecular formula is C7H17O6P. The molecule has 2 unspecified atom stereocenters. The fraction of sp³-hybridized carbons (Fsp3) is 1.00. The molecule has 0 radical (unpaired) electrons. The van der Waals surface area contributed by atoms with Crippen LogP contribution in [0.25, 0.3) is 0 Å². The van der Waals surface area contributed by atoms with Crippen molar-refractivity contribution in [2.75, 3.05) is 19.8 Å². The highest BCUT2D eigenvalue weighted by atomic mass is 31.2. The lowest BCUT2D eigenvalue weighted by Gasteiger charge is -2.24. The summed E-state index contributed by atoms with van der Waals surface area (Å²) in [4.78, 5) is 0. The monoisotopic (exact) mass is 228 g/mol. The van der Waals surface area contributed by atoms with Gasteiger partial charge in [0.2, 0.25) is 0 Å². The average Bonchev–Trinajstić information content (AvgIpc) is 2.16. The molecule has 0 fully saturated rings. The Hall–Kier alpha value is 0.0300. The molecule has 2 atom stereocenters. The molecule has 0 spiro atoms. The third-order valence-electron chi connectivity index (χ3n) is 1.47. The first kappa shape index (κ1) is 14.0. The first-order chi connectivity index (χ1) is 6.51. The minimum atomic E-state index is -3.74. The number of rotatable bonds is 7. The molecule has 0 saturated carbocycles. The normalized spacial score (nSPS) is 16.6. The van der Waals surface area contributed by atoms with Crippen LogP contribution in [0.5, 0.6) is 0 Å². The van der Waals surface area contributed by atoms with Crippen molar-refractivity contribution in [3.63, 3.8) is 0 Å². The molecule has 7 heteroatoms. The second kappa shape index (κ2) is 6.50. The van der Waals surface area contributed by atoms with Gasteiger partial charge in [0.05, 0.1) is 19.8 Å². The van der Waals surface area contributed by atoms with Gasteiger partial charge in [-0.1, -0.05) is 0 Å². The van der Waals surface area contributed by atoms with Crippen LogP contribution in [0.4, 0.5) is 0 Å². The minimum Gasteiger partial charge on any atom is -0.394 e. The highest BCUT2D eigenvalue weighted by molar-refractivity contribution is 7.54. The molecule has 6 nitrogen and oxygen atoms in total. The predicted molar refractivity (Wildman–Crippen MR) is 50.0 cm³/mol. The molecule has 0 aliphatic rings. The van der Waals surface area contributed by atoms with E-state index in [1.807, 2.05) is 0 Å². The van der Waals surface area contributed by atoms with E-state index in [1.54, 1.807) is 13.8 Å². The van der Waals surface area contributed by atoms with Crippen molar-refractivity contribution in [3.05, 3.63) is 0 Å². The quantitative estimate of drug-likeness (QED) is 0.527. The van der Waals surface area contributed by atoms with Crippen LogP contribution < -0.4 is 0 Å². The minimum absolute atomic E-state index is 0.0898. The Morgan fingerprint density at radius 2 is 1.64 bits per heavy atom. The van der Waals surface area contributed by atoms with E-state index in [4.69, 9.17) is 19.3 Å². The summed E-state index contributed by atoms with van der Waals surface area (Å²) < 4.78 is 21.3. The van der Waals surface area contributed by atoms with E-state index in [2.05, 4.69) is 0 Å². The lowest BCUT2D eigenvalue weighted by atomic mass is 10.4. The standard InChI is InChI=1S/C7H17O6P/c1-3-12-14(11,13-4-2)7(10)6(9)5-8/h6-10H,3-5H2,1-2H3. The van der Waals surface area contributed by atoms with Crippen LogP contribution >= 0.6 is 7.60 Å². The third kappa shape index (κ3) is 3.65. The van der Waals surface area contributed by atoms with Crippen LogP contribution in [0.3, 0.4) is 0 Å². The van der Waals surface area contributed by atoms with Crippen LogP contribution in [0.15, 0.2) is 0 Å². The van der Waals surface area contributed by atoms with Gasteiger partial charge in [-0.15, -0.1) is 0 Å². The number of hydrogen-bond donors (Lipinski definition) is 3. The highest BCUT2D eigenvalue weighted by Crippen LogP contribution is 2.52. The Morgan fingerprint density at radius 1 is 1.21 bits per heavy atom. The van der Waals surface area contributed by atoms with Crippen LogP contribution in [0.1, 0.15) is 13.8 Å². The molecule has 0 bridgehead atoms. The maximum Gasteiger partial charge on any atom is 0.361 e. The molecule has 0 aliphatic heterocycles. The zero-order chi connectivity index (χ0) is 11.2.